The first-order valence-corrected chi connectivity index (χ1v) is 9.11. The fourth-order valence-electron chi connectivity index (χ4n) is 3.53. The molecule has 1 fully saturated rings. The van der Waals surface area contributed by atoms with Gasteiger partial charge in [0.15, 0.2) is 0 Å². The molecule has 7 heteroatoms. The number of halogens is 1. The maximum absolute atomic E-state index is 11.6. The summed E-state index contributed by atoms with van der Waals surface area (Å²) in [6, 6.07) is 10.0. The van der Waals surface area contributed by atoms with Crippen LogP contribution < -0.4 is 0 Å². The van der Waals surface area contributed by atoms with Gasteiger partial charge in [0, 0.05) is 44.2 Å². The van der Waals surface area contributed by atoms with Gasteiger partial charge in [0.25, 0.3) is 0 Å². The number of carbonyl (C=O) groups excluding carboxylic acids is 1. The summed E-state index contributed by atoms with van der Waals surface area (Å²) in [5.74, 6) is -0.233. The SMILES string of the molecule is Br.CC(=O)OC1(c2ccccc2)CCN(CCCCCC[N+](=O)[O-])CC1. The lowest BCUT2D eigenvalue weighted by atomic mass is 9.84. The Morgan fingerprint density at radius 3 is 2.35 bits per heavy atom. The van der Waals surface area contributed by atoms with E-state index in [4.69, 9.17) is 4.74 Å². The predicted molar refractivity (Wildman–Crippen MR) is 106 cm³/mol. The molecule has 2 rings (SSSR count). The fraction of sp³-hybridized carbons (Fsp3) is 0.632. The zero-order valence-electron chi connectivity index (χ0n) is 15.4. The van der Waals surface area contributed by atoms with E-state index in [-0.39, 0.29) is 34.4 Å². The lowest BCUT2D eigenvalue weighted by molar-refractivity contribution is -0.480. The van der Waals surface area contributed by atoms with E-state index in [1.807, 2.05) is 30.3 Å². The molecule has 0 bridgehead atoms. The summed E-state index contributed by atoms with van der Waals surface area (Å²) in [6.07, 6.45) is 5.27. The van der Waals surface area contributed by atoms with Crippen molar-refractivity contribution in [1.82, 2.24) is 4.90 Å². The number of carbonyl (C=O) groups is 1. The first-order chi connectivity index (χ1) is 12.0. The summed E-state index contributed by atoms with van der Waals surface area (Å²) >= 11 is 0. The van der Waals surface area contributed by atoms with E-state index in [9.17, 15) is 14.9 Å². The Hall–Kier alpha value is -1.47. The van der Waals surface area contributed by atoms with Crippen molar-refractivity contribution in [3.05, 3.63) is 46.0 Å². The largest absolute Gasteiger partial charge is 0.454 e. The molecule has 0 radical (unpaired) electrons. The number of esters is 1. The van der Waals surface area contributed by atoms with Gasteiger partial charge < -0.3 is 9.64 Å². The summed E-state index contributed by atoms with van der Waals surface area (Å²) < 4.78 is 5.76. The number of hydrogen-bond acceptors (Lipinski definition) is 5. The van der Waals surface area contributed by atoms with Gasteiger partial charge in [-0.1, -0.05) is 36.8 Å². The van der Waals surface area contributed by atoms with Crippen molar-refractivity contribution in [2.75, 3.05) is 26.2 Å². The number of ether oxygens (including phenoxy) is 1. The number of benzene rings is 1. The molecular weight excluding hydrogens is 400 g/mol. The molecule has 0 aliphatic carbocycles. The van der Waals surface area contributed by atoms with E-state index < -0.39 is 5.60 Å². The van der Waals surface area contributed by atoms with Crippen molar-refractivity contribution < 1.29 is 14.5 Å². The van der Waals surface area contributed by atoms with Crippen LogP contribution in [-0.2, 0) is 15.1 Å². The molecule has 1 aliphatic heterocycles. The van der Waals surface area contributed by atoms with Crippen LogP contribution in [0.15, 0.2) is 30.3 Å². The number of nitro groups is 1. The predicted octanol–water partition coefficient (Wildman–Crippen LogP) is 3.96. The van der Waals surface area contributed by atoms with Crippen LogP contribution in [0.3, 0.4) is 0 Å². The van der Waals surface area contributed by atoms with Crippen LogP contribution in [0.2, 0.25) is 0 Å². The molecule has 0 spiro atoms. The molecule has 0 amide bonds. The van der Waals surface area contributed by atoms with Crippen LogP contribution >= 0.6 is 17.0 Å². The number of nitrogens with zero attached hydrogens (tertiary/aromatic N) is 2. The molecule has 146 valence electrons. The molecule has 0 saturated carbocycles. The van der Waals surface area contributed by atoms with Gasteiger partial charge in [-0.2, -0.15) is 0 Å². The second-order valence-corrected chi connectivity index (χ2v) is 6.77. The van der Waals surface area contributed by atoms with E-state index in [0.717, 1.165) is 57.3 Å². The van der Waals surface area contributed by atoms with Crippen LogP contribution in [0.4, 0.5) is 0 Å². The molecule has 0 unspecified atom stereocenters. The lowest BCUT2D eigenvalue weighted by Crippen LogP contribution is -2.45. The number of piperidine rings is 1. The standard InChI is InChI=1S/C19H28N2O4.BrH/c1-17(22)25-19(18-9-5-4-6-10-18)11-15-20(16-12-19)13-7-2-3-8-14-21(23)24;/h4-6,9-10H,2-3,7-8,11-16H2,1H3;1H. The zero-order valence-corrected chi connectivity index (χ0v) is 17.1. The first-order valence-electron chi connectivity index (χ1n) is 9.11. The molecule has 1 saturated heterocycles. The second-order valence-electron chi connectivity index (χ2n) is 6.77. The average Bonchev–Trinajstić information content (AvgIpc) is 2.59. The van der Waals surface area contributed by atoms with Crippen LogP contribution in [-0.4, -0.2) is 42.0 Å². The number of unbranched alkanes of at least 4 members (excludes halogenated alkanes) is 3. The molecule has 26 heavy (non-hydrogen) atoms. The third-order valence-corrected chi connectivity index (χ3v) is 4.87. The summed E-state index contributed by atoms with van der Waals surface area (Å²) in [4.78, 5) is 24.1. The van der Waals surface area contributed by atoms with Gasteiger partial charge in [-0.05, 0) is 24.9 Å². The van der Waals surface area contributed by atoms with E-state index in [1.54, 1.807) is 0 Å². The zero-order chi connectivity index (χ0) is 18.1. The molecule has 1 heterocycles. The highest BCUT2D eigenvalue weighted by Gasteiger charge is 2.38. The highest BCUT2D eigenvalue weighted by atomic mass is 79.9. The summed E-state index contributed by atoms with van der Waals surface area (Å²) in [5.41, 5.74) is 0.569. The van der Waals surface area contributed by atoms with Gasteiger partial charge in [0.2, 0.25) is 6.54 Å². The normalized spacial score (nSPS) is 16.5. The van der Waals surface area contributed by atoms with Crippen molar-refractivity contribution in [2.45, 2.75) is 51.0 Å². The number of hydrogen-bond donors (Lipinski definition) is 0. The molecule has 1 aromatic rings. The number of rotatable bonds is 9. The summed E-state index contributed by atoms with van der Waals surface area (Å²) in [6.45, 7) is 4.35. The monoisotopic (exact) mass is 428 g/mol. The van der Waals surface area contributed by atoms with Crippen LogP contribution in [0.1, 0.15) is 51.0 Å². The van der Waals surface area contributed by atoms with Gasteiger partial charge in [-0.3, -0.25) is 14.9 Å². The molecular formula is C19H29BrN2O4. The van der Waals surface area contributed by atoms with Crippen LogP contribution in [0.5, 0.6) is 0 Å². The molecule has 1 aromatic carbocycles. The highest BCUT2D eigenvalue weighted by molar-refractivity contribution is 8.93. The van der Waals surface area contributed by atoms with Crippen molar-refractivity contribution >= 4 is 23.0 Å². The topological polar surface area (TPSA) is 72.7 Å². The van der Waals surface area contributed by atoms with Crippen molar-refractivity contribution in [3.8, 4) is 0 Å². The van der Waals surface area contributed by atoms with Crippen LogP contribution in [0, 0.1) is 10.1 Å². The first kappa shape index (κ1) is 22.6. The van der Waals surface area contributed by atoms with Crippen molar-refractivity contribution in [1.29, 1.82) is 0 Å². The fourth-order valence-corrected chi connectivity index (χ4v) is 3.53. The van der Waals surface area contributed by atoms with Crippen molar-refractivity contribution in [3.63, 3.8) is 0 Å². The minimum absolute atomic E-state index is 0. The Balaban J connectivity index is 0.00000338. The molecule has 1 aliphatic rings. The lowest BCUT2D eigenvalue weighted by Gasteiger charge is -2.41. The third-order valence-electron chi connectivity index (χ3n) is 4.87. The van der Waals surface area contributed by atoms with E-state index in [0.29, 0.717) is 6.42 Å². The van der Waals surface area contributed by atoms with E-state index >= 15 is 0 Å². The maximum Gasteiger partial charge on any atom is 0.303 e. The van der Waals surface area contributed by atoms with Gasteiger partial charge >= 0.3 is 5.97 Å². The van der Waals surface area contributed by atoms with Crippen LogP contribution in [0.25, 0.3) is 0 Å². The molecule has 6 nitrogen and oxygen atoms in total. The summed E-state index contributed by atoms with van der Waals surface area (Å²) in [5, 5.41) is 10.3. The summed E-state index contributed by atoms with van der Waals surface area (Å²) in [7, 11) is 0. The molecule has 0 atom stereocenters. The van der Waals surface area contributed by atoms with Gasteiger partial charge in [-0.15, -0.1) is 17.0 Å². The third kappa shape index (κ3) is 7.03. The average molecular weight is 429 g/mol. The minimum Gasteiger partial charge on any atom is -0.454 e. The Labute approximate surface area is 165 Å². The van der Waals surface area contributed by atoms with E-state index in [1.165, 1.54) is 6.92 Å². The Morgan fingerprint density at radius 2 is 1.77 bits per heavy atom. The minimum atomic E-state index is -0.505. The smallest absolute Gasteiger partial charge is 0.303 e. The molecule has 0 aromatic heterocycles. The second kappa shape index (κ2) is 11.3. The Morgan fingerprint density at radius 1 is 1.15 bits per heavy atom. The molecule has 0 N–H and O–H groups in total. The van der Waals surface area contributed by atoms with Gasteiger partial charge in [-0.25, -0.2) is 0 Å². The van der Waals surface area contributed by atoms with Gasteiger partial charge in [0.1, 0.15) is 5.60 Å². The maximum atomic E-state index is 11.6. The Bertz CT molecular complexity index is 560. The highest BCUT2D eigenvalue weighted by Crippen LogP contribution is 2.37. The van der Waals surface area contributed by atoms with Gasteiger partial charge in [0.05, 0.1) is 0 Å². The van der Waals surface area contributed by atoms with E-state index in [2.05, 4.69) is 4.90 Å². The quantitative estimate of drug-likeness (QED) is 0.257. The Kier molecular flexibility index (Phi) is 9.80. The van der Waals surface area contributed by atoms with Crippen molar-refractivity contribution in [2.24, 2.45) is 0 Å². The number of likely N-dealkylation sites (tertiary alicyclic amines) is 1.